The van der Waals surface area contributed by atoms with Crippen LogP contribution >= 0.6 is 0 Å². The zero-order valence-electron chi connectivity index (χ0n) is 41.9. The first-order chi connectivity index (χ1) is 31.5. The highest BCUT2D eigenvalue weighted by Crippen LogP contribution is 2.18. The first kappa shape index (κ1) is 61.0. The number of aliphatic hydroxyl groups excluding tert-OH is 2. The van der Waals surface area contributed by atoms with E-state index in [9.17, 15) is 19.8 Å². The molecular formula is C58H101NO5. The SMILES string of the molecule is CC/C=C/C/C=C/CCCCCCCC(CC(=O)NC(CO)C(O)CCCCCCCCCCCCCCCCC)OC(=O)CCCCCCC/C=C/C=C/C=C/C=C/C=C/CCC. The lowest BCUT2D eigenvalue weighted by atomic mass is 10.0. The van der Waals surface area contributed by atoms with Crippen LogP contribution in [0.1, 0.15) is 245 Å². The summed E-state index contributed by atoms with van der Waals surface area (Å²) in [6.45, 7) is 6.29. The van der Waals surface area contributed by atoms with Gasteiger partial charge in [0, 0.05) is 6.42 Å². The Kier molecular flexibility index (Phi) is 48.7. The zero-order chi connectivity index (χ0) is 46.7. The van der Waals surface area contributed by atoms with Crippen LogP contribution < -0.4 is 5.32 Å². The minimum absolute atomic E-state index is 0.0535. The molecule has 0 rings (SSSR count). The lowest BCUT2D eigenvalue weighted by Gasteiger charge is -2.24. The first-order valence-electron chi connectivity index (χ1n) is 26.9. The molecule has 0 saturated carbocycles. The van der Waals surface area contributed by atoms with Crippen molar-refractivity contribution in [2.45, 2.75) is 264 Å². The number of hydrogen-bond donors (Lipinski definition) is 3. The molecule has 0 aliphatic carbocycles. The third-order valence-electron chi connectivity index (χ3n) is 11.8. The summed E-state index contributed by atoms with van der Waals surface area (Å²) in [6, 6.07) is -0.716. The average molecular weight is 892 g/mol. The molecule has 0 fully saturated rings. The molecule has 0 saturated heterocycles. The van der Waals surface area contributed by atoms with Crippen LogP contribution in [0.3, 0.4) is 0 Å². The van der Waals surface area contributed by atoms with Crippen molar-refractivity contribution in [1.29, 1.82) is 0 Å². The van der Waals surface area contributed by atoms with E-state index in [2.05, 4.69) is 86.8 Å². The van der Waals surface area contributed by atoms with E-state index in [1.54, 1.807) is 0 Å². The van der Waals surface area contributed by atoms with E-state index in [1.807, 2.05) is 24.3 Å². The highest BCUT2D eigenvalue weighted by atomic mass is 16.5. The molecule has 0 aromatic heterocycles. The highest BCUT2D eigenvalue weighted by molar-refractivity contribution is 5.77. The summed E-state index contributed by atoms with van der Waals surface area (Å²) in [6.07, 6.45) is 66.4. The Morgan fingerprint density at radius 3 is 1.47 bits per heavy atom. The standard InChI is InChI=1S/C58H101NO5/c1-4-7-10-13-16-19-22-25-27-28-29-31-33-36-39-42-45-48-51-58(63)64-54(49-46-43-40-37-34-24-21-18-15-12-9-6-3)52-57(62)59-55(53-60)56(61)50-47-44-41-38-35-32-30-26-23-20-17-14-11-8-5-2/h9-10,12-13,16,18-19,21-22,25,27-29,31,54-56,60-61H,4-8,11,14-15,17,20,23-24,26,30,32-53H2,1-3H3,(H,59,62)/b12-9+,13-10+,19-16+,21-18+,25-22+,28-27+,31-29+. The molecule has 0 heterocycles. The lowest BCUT2D eigenvalue weighted by molar-refractivity contribution is -0.151. The Hall–Kier alpha value is -2.96. The number of unbranched alkanes of at least 4 members (excludes halogenated alkanes) is 25. The van der Waals surface area contributed by atoms with Gasteiger partial charge >= 0.3 is 5.97 Å². The molecule has 3 atom stereocenters. The molecule has 0 aliphatic rings. The van der Waals surface area contributed by atoms with Gasteiger partial charge < -0.3 is 20.3 Å². The molecule has 0 spiro atoms. The van der Waals surface area contributed by atoms with Crippen LogP contribution in [0.5, 0.6) is 0 Å². The van der Waals surface area contributed by atoms with Crippen molar-refractivity contribution in [3.8, 4) is 0 Å². The number of rotatable bonds is 47. The number of hydrogen-bond acceptors (Lipinski definition) is 5. The number of carbonyl (C=O) groups is 2. The maximum absolute atomic E-state index is 13.2. The van der Waals surface area contributed by atoms with Gasteiger partial charge in [-0.05, 0) is 70.6 Å². The summed E-state index contributed by atoms with van der Waals surface area (Å²) < 4.78 is 5.92. The molecule has 0 radical (unpaired) electrons. The minimum atomic E-state index is -0.801. The van der Waals surface area contributed by atoms with Gasteiger partial charge in [-0.25, -0.2) is 0 Å². The molecular weight excluding hydrogens is 791 g/mol. The number of aliphatic hydroxyl groups is 2. The summed E-state index contributed by atoms with van der Waals surface area (Å²) in [5.74, 6) is -0.519. The van der Waals surface area contributed by atoms with Gasteiger partial charge in [0.1, 0.15) is 6.10 Å². The Morgan fingerprint density at radius 1 is 0.484 bits per heavy atom. The largest absolute Gasteiger partial charge is 0.462 e. The van der Waals surface area contributed by atoms with Gasteiger partial charge in [0.05, 0.1) is 25.2 Å². The normalized spacial score (nSPS) is 13.9. The summed E-state index contributed by atoms with van der Waals surface area (Å²) in [5, 5.41) is 23.8. The van der Waals surface area contributed by atoms with E-state index in [0.717, 1.165) is 109 Å². The molecule has 3 N–H and O–H groups in total. The molecule has 6 nitrogen and oxygen atoms in total. The predicted molar refractivity (Wildman–Crippen MR) is 278 cm³/mol. The van der Waals surface area contributed by atoms with E-state index in [4.69, 9.17) is 4.74 Å². The van der Waals surface area contributed by atoms with E-state index >= 15 is 0 Å². The van der Waals surface area contributed by atoms with Crippen LogP contribution in [0, 0.1) is 0 Å². The molecule has 0 aromatic carbocycles. The monoisotopic (exact) mass is 892 g/mol. The topological polar surface area (TPSA) is 95.9 Å². The Bertz CT molecular complexity index is 1230. The fourth-order valence-corrected chi connectivity index (χ4v) is 7.79. The molecule has 0 aliphatic heterocycles. The molecule has 64 heavy (non-hydrogen) atoms. The highest BCUT2D eigenvalue weighted by Gasteiger charge is 2.24. The molecule has 0 aromatic rings. The van der Waals surface area contributed by atoms with Crippen molar-refractivity contribution in [2.24, 2.45) is 0 Å². The Morgan fingerprint density at radius 2 is 0.938 bits per heavy atom. The summed E-state index contributed by atoms with van der Waals surface area (Å²) >= 11 is 0. The number of carbonyl (C=O) groups excluding carboxylic acids is 2. The average Bonchev–Trinajstić information content (AvgIpc) is 3.29. The van der Waals surface area contributed by atoms with Crippen LogP contribution in [-0.4, -0.2) is 46.9 Å². The maximum Gasteiger partial charge on any atom is 0.306 e. The van der Waals surface area contributed by atoms with Crippen molar-refractivity contribution in [3.05, 3.63) is 85.1 Å². The second-order valence-corrected chi connectivity index (χ2v) is 18.0. The molecule has 0 bridgehead atoms. The number of allylic oxidation sites excluding steroid dienone is 14. The van der Waals surface area contributed by atoms with Gasteiger partial charge in [-0.2, -0.15) is 0 Å². The zero-order valence-corrected chi connectivity index (χ0v) is 41.9. The van der Waals surface area contributed by atoms with Crippen molar-refractivity contribution >= 4 is 11.9 Å². The summed E-state index contributed by atoms with van der Waals surface area (Å²) in [5.41, 5.74) is 0. The third kappa shape index (κ3) is 45.6. The van der Waals surface area contributed by atoms with Crippen molar-refractivity contribution in [1.82, 2.24) is 5.32 Å². The lowest BCUT2D eigenvalue weighted by Crippen LogP contribution is -2.46. The van der Waals surface area contributed by atoms with Crippen LogP contribution in [0.25, 0.3) is 0 Å². The van der Waals surface area contributed by atoms with Gasteiger partial charge in [0.15, 0.2) is 0 Å². The second-order valence-electron chi connectivity index (χ2n) is 18.0. The number of ether oxygens (including phenoxy) is 1. The van der Waals surface area contributed by atoms with Crippen LogP contribution in [-0.2, 0) is 14.3 Å². The Labute approximate surface area is 395 Å². The maximum atomic E-state index is 13.2. The van der Waals surface area contributed by atoms with Gasteiger partial charge in [-0.1, -0.05) is 247 Å². The first-order valence-corrected chi connectivity index (χ1v) is 26.9. The van der Waals surface area contributed by atoms with Gasteiger partial charge in [-0.15, -0.1) is 0 Å². The Balaban J connectivity index is 4.60. The number of nitrogens with one attached hydrogen (secondary N) is 1. The molecule has 3 unspecified atom stereocenters. The van der Waals surface area contributed by atoms with Crippen molar-refractivity contribution in [2.75, 3.05) is 6.61 Å². The van der Waals surface area contributed by atoms with Gasteiger partial charge in [0.2, 0.25) is 5.91 Å². The van der Waals surface area contributed by atoms with Crippen LogP contribution in [0.4, 0.5) is 0 Å². The molecule has 1 amide bonds. The number of amides is 1. The smallest absolute Gasteiger partial charge is 0.306 e. The third-order valence-corrected chi connectivity index (χ3v) is 11.8. The summed E-state index contributed by atoms with van der Waals surface area (Å²) in [7, 11) is 0. The van der Waals surface area contributed by atoms with E-state index in [0.29, 0.717) is 19.3 Å². The second kappa shape index (κ2) is 51.0. The van der Waals surface area contributed by atoms with E-state index in [-0.39, 0.29) is 24.9 Å². The van der Waals surface area contributed by atoms with Gasteiger partial charge in [0.25, 0.3) is 0 Å². The van der Waals surface area contributed by atoms with E-state index < -0.39 is 18.2 Å². The fourth-order valence-electron chi connectivity index (χ4n) is 7.79. The van der Waals surface area contributed by atoms with Crippen LogP contribution in [0.15, 0.2) is 85.1 Å². The van der Waals surface area contributed by atoms with Crippen molar-refractivity contribution < 1.29 is 24.5 Å². The van der Waals surface area contributed by atoms with Crippen LogP contribution in [0.2, 0.25) is 0 Å². The number of esters is 1. The minimum Gasteiger partial charge on any atom is -0.462 e. The summed E-state index contributed by atoms with van der Waals surface area (Å²) in [4.78, 5) is 26.2. The quantitative estimate of drug-likeness (QED) is 0.0245. The van der Waals surface area contributed by atoms with E-state index in [1.165, 1.54) is 89.9 Å². The predicted octanol–water partition coefficient (Wildman–Crippen LogP) is 16.3. The van der Waals surface area contributed by atoms with Gasteiger partial charge in [-0.3, -0.25) is 9.59 Å². The van der Waals surface area contributed by atoms with Crippen molar-refractivity contribution in [3.63, 3.8) is 0 Å². The molecule has 6 heteroatoms. The molecule has 368 valence electrons. The fraction of sp³-hybridized carbons (Fsp3) is 0.724.